The number of halogens is 1. The SMILES string of the molecule is CCc1ccc(N(CC(=O)N/N=C\c2ccc(OCC(=O)Nc3cccc(Cl)c3)cc2)S(C)(=O)=O)cc1. The molecule has 0 saturated carbocycles. The van der Waals surface area contributed by atoms with Crippen LogP contribution in [0.25, 0.3) is 0 Å². The fourth-order valence-corrected chi connectivity index (χ4v) is 4.25. The number of sulfonamides is 1. The predicted octanol–water partition coefficient (Wildman–Crippen LogP) is 3.84. The fraction of sp³-hybridized carbons (Fsp3) is 0.192. The number of hydrogen-bond acceptors (Lipinski definition) is 6. The molecule has 194 valence electrons. The van der Waals surface area contributed by atoms with Gasteiger partial charge >= 0.3 is 0 Å². The molecule has 2 amide bonds. The first-order valence-corrected chi connectivity index (χ1v) is 13.5. The Morgan fingerprint density at radius 1 is 1.03 bits per heavy atom. The lowest BCUT2D eigenvalue weighted by molar-refractivity contribution is -0.119. The van der Waals surface area contributed by atoms with Gasteiger partial charge < -0.3 is 10.1 Å². The van der Waals surface area contributed by atoms with Gasteiger partial charge in [-0.15, -0.1) is 0 Å². The van der Waals surface area contributed by atoms with Gasteiger partial charge in [-0.1, -0.05) is 36.7 Å². The third-order valence-corrected chi connectivity index (χ3v) is 6.46. The molecule has 2 N–H and O–H groups in total. The van der Waals surface area contributed by atoms with Crippen molar-refractivity contribution < 1.29 is 22.7 Å². The first-order chi connectivity index (χ1) is 17.6. The highest BCUT2D eigenvalue weighted by Crippen LogP contribution is 2.19. The lowest BCUT2D eigenvalue weighted by atomic mass is 10.1. The number of benzene rings is 3. The Bertz CT molecular complexity index is 1360. The smallest absolute Gasteiger partial charge is 0.262 e. The Morgan fingerprint density at radius 2 is 1.73 bits per heavy atom. The lowest BCUT2D eigenvalue weighted by Gasteiger charge is -2.21. The van der Waals surface area contributed by atoms with Gasteiger partial charge in [0.05, 0.1) is 18.2 Å². The number of carbonyl (C=O) groups is 2. The number of ether oxygens (including phenoxy) is 1. The van der Waals surface area contributed by atoms with Crippen LogP contribution in [-0.4, -0.2) is 45.9 Å². The number of nitrogens with zero attached hydrogens (tertiary/aromatic N) is 2. The zero-order chi connectivity index (χ0) is 26.8. The molecule has 0 radical (unpaired) electrons. The molecule has 0 fully saturated rings. The van der Waals surface area contributed by atoms with Crippen molar-refractivity contribution in [2.45, 2.75) is 13.3 Å². The number of rotatable bonds is 11. The Morgan fingerprint density at radius 3 is 2.35 bits per heavy atom. The van der Waals surface area contributed by atoms with Gasteiger partial charge in [-0.25, -0.2) is 13.8 Å². The molecule has 0 aliphatic heterocycles. The van der Waals surface area contributed by atoms with Crippen LogP contribution in [0.4, 0.5) is 11.4 Å². The average Bonchev–Trinajstić information content (AvgIpc) is 2.86. The molecule has 0 spiro atoms. The second kappa shape index (κ2) is 12.9. The van der Waals surface area contributed by atoms with Gasteiger partial charge in [0.2, 0.25) is 10.0 Å². The first kappa shape index (κ1) is 27.7. The molecule has 3 aromatic carbocycles. The third-order valence-electron chi connectivity index (χ3n) is 5.08. The summed E-state index contributed by atoms with van der Waals surface area (Å²) in [5.74, 6) is -0.452. The minimum absolute atomic E-state index is 0.186. The van der Waals surface area contributed by atoms with Gasteiger partial charge in [0.25, 0.3) is 11.8 Å². The van der Waals surface area contributed by atoms with E-state index < -0.39 is 22.5 Å². The molecule has 0 unspecified atom stereocenters. The van der Waals surface area contributed by atoms with Crippen LogP contribution in [0.1, 0.15) is 18.1 Å². The molecule has 11 heteroatoms. The van der Waals surface area contributed by atoms with Crippen LogP contribution in [0, 0.1) is 0 Å². The lowest BCUT2D eigenvalue weighted by Crippen LogP contribution is -2.39. The van der Waals surface area contributed by atoms with Crippen molar-refractivity contribution in [1.82, 2.24) is 5.43 Å². The fourth-order valence-electron chi connectivity index (χ4n) is 3.20. The summed E-state index contributed by atoms with van der Waals surface area (Å²) in [5, 5.41) is 7.10. The van der Waals surface area contributed by atoms with E-state index in [9.17, 15) is 18.0 Å². The predicted molar refractivity (Wildman–Crippen MR) is 146 cm³/mol. The van der Waals surface area contributed by atoms with E-state index in [0.29, 0.717) is 27.7 Å². The van der Waals surface area contributed by atoms with Crippen molar-refractivity contribution in [3.8, 4) is 5.75 Å². The molecule has 0 bridgehead atoms. The van der Waals surface area contributed by atoms with Gasteiger partial charge in [-0.3, -0.25) is 13.9 Å². The van der Waals surface area contributed by atoms with E-state index in [1.165, 1.54) is 6.21 Å². The van der Waals surface area contributed by atoms with E-state index in [2.05, 4.69) is 15.8 Å². The summed E-state index contributed by atoms with van der Waals surface area (Å²) in [6.07, 6.45) is 3.27. The molecule has 0 aliphatic rings. The monoisotopic (exact) mass is 542 g/mol. The van der Waals surface area contributed by atoms with Crippen molar-refractivity contribution in [2.75, 3.05) is 29.0 Å². The summed E-state index contributed by atoms with van der Waals surface area (Å²) in [6.45, 7) is 1.40. The van der Waals surface area contributed by atoms with Crippen molar-refractivity contribution in [3.05, 3.63) is 88.9 Å². The van der Waals surface area contributed by atoms with Gasteiger partial charge in [0, 0.05) is 10.7 Å². The molecule has 9 nitrogen and oxygen atoms in total. The van der Waals surface area contributed by atoms with Crippen molar-refractivity contribution in [2.24, 2.45) is 5.10 Å². The molecule has 0 aliphatic carbocycles. The minimum Gasteiger partial charge on any atom is -0.484 e. The number of carbonyl (C=O) groups excluding carboxylic acids is 2. The average molecular weight is 543 g/mol. The van der Waals surface area contributed by atoms with E-state index in [0.717, 1.165) is 22.5 Å². The summed E-state index contributed by atoms with van der Waals surface area (Å²) < 4.78 is 30.9. The largest absolute Gasteiger partial charge is 0.484 e. The molecule has 3 rings (SSSR count). The van der Waals surface area contributed by atoms with Gasteiger partial charge in [0.1, 0.15) is 12.3 Å². The van der Waals surface area contributed by atoms with Gasteiger partial charge in [-0.2, -0.15) is 5.10 Å². The molecule has 3 aromatic rings. The summed E-state index contributed by atoms with van der Waals surface area (Å²) >= 11 is 5.90. The zero-order valence-electron chi connectivity index (χ0n) is 20.3. The number of hydrogen-bond donors (Lipinski definition) is 2. The first-order valence-electron chi connectivity index (χ1n) is 11.3. The van der Waals surface area contributed by atoms with Crippen LogP contribution >= 0.6 is 11.6 Å². The van der Waals surface area contributed by atoms with Gasteiger partial charge in [0.15, 0.2) is 6.61 Å². The molecule has 0 aromatic heterocycles. The Balaban J connectivity index is 1.49. The standard InChI is InChI=1S/C26H27ClN4O5S/c1-3-19-7-11-23(12-8-19)31(37(2,34)35)17-25(32)30-28-16-20-9-13-24(14-10-20)36-18-26(33)29-22-6-4-5-21(27)15-22/h4-16H,3,17-18H2,1-2H3,(H,29,33)(H,30,32)/b28-16-. The topological polar surface area (TPSA) is 117 Å². The molecule has 0 heterocycles. The molecular weight excluding hydrogens is 516 g/mol. The Labute approximate surface area is 221 Å². The van der Waals surface area contributed by atoms with E-state index >= 15 is 0 Å². The summed E-state index contributed by atoms with van der Waals surface area (Å²) in [5.41, 5.74) is 5.03. The van der Waals surface area contributed by atoms with Crippen LogP contribution in [0.15, 0.2) is 77.9 Å². The highest BCUT2D eigenvalue weighted by molar-refractivity contribution is 7.92. The normalized spacial score (nSPS) is 11.2. The van der Waals surface area contributed by atoms with E-state index in [-0.39, 0.29) is 12.5 Å². The molecule has 0 atom stereocenters. The van der Waals surface area contributed by atoms with Crippen LogP contribution in [0.5, 0.6) is 5.75 Å². The third kappa shape index (κ3) is 8.93. The number of amides is 2. The molecular formula is C26H27ClN4O5S. The highest BCUT2D eigenvalue weighted by atomic mass is 35.5. The summed E-state index contributed by atoms with van der Waals surface area (Å²) in [4.78, 5) is 24.4. The maximum absolute atomic E-state index is 12.3. The number of hydrazone groups is 1. The van der Waals surface area contributed by atoms with Crippen LogP contribution < -0.4 is 19.8 Å². The van der Waals surface area contributed by atoms with Gasteiger partial charge in [-0.05, 0) is 72.1 Å². The van der Waals surface area contributed by atoms with E-state index in [1.807, 2.05) is 19.1 Å². The second-order valence-corrected chi connectivity index (χ2v) is 10.3. The summed E-state index contributed by atoms with van der Waals surface area (Å²) in [7, 11) is -3.67. The van der Waals surface area contributed by atoms with E-state index in [4.69, 9.17) is 16.3 Å². The number of nitrogens with one attached hydrogen (secondary N) is 2. The maximum atomic E-state index is 12.3. The molecule has 0 saturated heterocycles. The maximum Gasteiger partial charge on any atom is 0.262 e. The zero-order valence-corrected chi connectivity index (χ0v) is 21.9. The minimum atomic E-state index is -3.67. The summed E-state index contributed by atoms with van der Waals surface area (Å²) in [6, 6.07) is 20.5. The van der Waals surface area contributed by atoms with Crippen LogP contribution in [0.2, 0.25) is 5.02 Å². The van der Waals surface area contributed by atoms with Crippen LogP contribution in [0.3, 0.4) is 0 Å². The number of anilines is 2. The van der Waals surface area contributed by atoms with Crippen LogP contribution in [-0.2, 0) is 26.0 Å². The Kier molecular flexibility index (Phi) is 9.64. The van der Waals surface area contributed by atoms with Crippen molar-refractivity contribution in [1.29, 1.82) is 0 Å². The Hall–Kier alpha value is -3.89. The molecule has 37 heavy (non-hydrogen) atoms. The van der Waals surface area contributed by atoms with Crippen molar-refractivity contribution >= 4 is 51.0 Å². The van der Waals surface area contributed by atoms with Crippen molar-refractivity contribution in [3.63, 3.8) is 0 Å². The highest BCUT2D eigenvalue weighted by Gasteiger charge is 2.20. The van der Waals surface area contributed by atoms with E-state index in [1.54, 1.807) is 60.7 Å². The quantitative estimate of drug-likeness (QED) is 0.282. The second-order valence-electron chi connectivity index (χ2n) is 8.00. The number of aryl methyl sites for hydroxylation is 1.